The lowest BCUT2D eigenvalue weighted by atomic mass is 10.2. The van der Waals surface area contributed by atoms with Gasteiger partial charge in [0.05, 0.1) is 23.0 Å². The largest absolute Gasteiger partial charge is 0.467 e. The monoisotopic (exact) mass is 292 g/mol. The van der Waals surface area contributed by atoms with E-state index in [0.717, 1.165) is 10.2 Å². The summed E-state index contributed by atoms with van der Waals surface area (Å²) in [6, 6.07) is 8.93. The van der Waals surface area contributed by atoms with Gasteiger partial charge >= 0.3 is 0 Å². The van der Waals surface area contributed by atoms with Crippen LogP contribution in [0, 0.1) is 0 Å². The minimum absolute atomic E-state index is 0.164. The molecular formula is C13H9ClN2O2S. The van der Waals surface area contributed by atoms with Crippen molar-refractivity contribution >= 4 is 39.1 Å². The summed E-state index contributed by atoms with van der Waals surface area (Å²) in [5, 5.41) is 2.78. The van der Waals surface area contributed by atoms with Crippen molar-refractivity contribution in [2.75, 3.05) is 0 Å². The van der Waals surface area contributed by atoms with Gasteiger partial charge in [0.2, 0.25) is 0 Å². The van der Waals surface area contributed by atoms with E-state index in [9.17, 15) is 4.79 Å². The average Bonchev–Trinajstić information content (AvgIpc) is 3.02. The summed E-state index contributed by atoms with van der Waals surface area (Å²) in [5.41, 5.74) is 1.29. The van der Waals surface area contributed by atoms with Crippen molar-refractivity contribution in [3.05, 3.63) is 52.4 Å². The second-order valence-corrected chi connectivity index (χ2v) is 5.52. The van der Waals surface area contributed by atoms with Gasteiger partial charge in [-0.3, -0.25) is 4.79 Å². The molecular weight excluding hydrogens is 284 g/mol. The topological polar surface area (TPSA) is 55.1 Å². The molecule has 4 nitrogen and oxygen atoms in total. The molecule has 2 heterocycles. The van der Waals surface area contributed by atoms with Gasteiger partial charge in [-0.05, 0) is 30.3 Å². The third-order valence-corrected chi connectivity index (χ3v) is 3.77. The molecule has 0 spiro atoms. The number of carbonyl (C=O) groups excluding carboxylic acids is 1. The smallest absolute Gasteiger partial charge is 0.251 e. The van der Waals surface area contributed by atoms with E-state index >= 15 is 0 Å². The number of benzene rings is 1. The maximum atomic E-state index is 12.0. The van der Waals surface area contributed by atoms with Crippen LogP contribution in [-0.2, 0) is 6.54 Å². The number of hydrogen-bond donors (Lipinski definition) is 1. The summed E-state index contributed by atoms with van der Waals surface area (Å²) in [4.78, 5) is 16.1. The normalized spacial score (nSPS) is 10.8. The Morgan fingerprint density at radius 2 is 2.32 bits per heavy atom. The molecule has 0 unspecified atom stereocenters. The SMILES string of the molecule is O=C(NCc1ccco1)c1ccc2sc(Cl)nc2c1. The molecule has 3 aromatic rings. The number of nitrogens with zero attached hydrogens (tertiary/aromatic N) is 1. The zero-order chi connectivity index (χ0) is 13.2. The first kappa shape index (κ1) is 12.2. The first-order valence-corrected chi connectivity index (χ1v) is 6.78. The molecule has 0 aliphatic heterocycles. The fourth-order valence-corrected chi connectivity index (χ4v) is 2.73. The van der Waals surface area contributed by atoms with Crippen LogP contribution in [-0.4, -0.2) is 10.9 Å². The van der Waals surface area contributed by atoms with Gasteiger partial charge in [-0.25, -0.2) is 4.98 Å². The van der Waals surface area contributed by atoms with Crippen LogP contribution in [0.5, 0.6) is 0 Å². The Balaban J connectivity index is 1.77. The molecule has 0 atom stereocenters. The summed E-state index contributed by atoms with van der Waals surface area (Å²) in [5.74, 6) is 0.550. The second kappa shape index (κ2) is 5.03. The summed E-state index contributed by atoms with van der Waals surface area (Å²) in [6.45, 7) is 0.363. The van der Waals surface area contributed by atoms with Crippen LogP contribution in [0.4, 0.5) is 0 Å². The molecule has 96 valence electrons. The molecule has 0 fully saturated rings. The van der Waals surface area contributed by atoms with E-state index in [1.807, 2.05) is 12.1 Å². The Kier molecular flexibility index (Phi) is 3.23. The highest BCUT2D eigenvalue weighted by atomic mass is 35.5. The quantitative estimate of drug-likeness (QED) is 0.804. The molecule has 19 heavy (non-hydrogen) atoms. The summed E-state index contributed by atoms with van der Waals surface area (Å²) < 4.78 is 6.59. The third-order valence-electron chi connectivity index (χ3n) is 2.63. The van der Waals surface area contributed by atoms with Crippen LogP contribution in [0.25, 0.3) is 10.2 Å². The highest BCUT2D eigenvalue weighted by Gasteiger charge is 2.09. The molecule has 1 aromatic carbocycles. The van der Waals surface area contributed by atoms with Crippen molar-refractivity contribution in [1.82, 2.24) is 10.3 Å². The predicted molar refractivity (Wildman–Crippen MR) is 74.5 cm³/mol. The van der Waals surface area contributed by atoms with Crippen LogP contribution < -0.4 is 5.32 Å². The second-order valence-electron chi connectivity index (χ2n) is 3.91. The zero-order valence-corrected chi connectivity index (χ0v) is 11.3. The molecule has 6 heteroatoms. The minimum atomic E-state index is -0.164. The summed E-state index contributed by atoms with van der Waals surface area (Å²) in [7, 11) is 0. The zero-order valence-electron chi connectivity index (χ0n) is 9.72. The first-order valence-electron chi connectivity index (χ1n) is 5.59. The van der Waals surface area contributed by atoms with E-state index < -0.39 is 0 Å². The molecule has 3 rings (SSSR count). The average molecular weight is 293 g/mol. The molecule has 0 bridgehead atoms. The van der Waals surface area contributed by atoms with E-state index in [1.54, 1.807) is 24.5 Å². The Morgan fingerprint density at radius 3 is 3.11 bits per heavy atom. The highest BCUT2D eigenvalue weighted by Crippen LogP contribution is 2.26. The number of furan rings is 1. The van der Waals surface area contributed by atoms with Gasteiger partial charge in [-0.1, -0.05) is 11.6 Å². The molecule has 1 N–H and O–H groups in total. The number of hydrogen-bond acceptors (Lipinski definition) is 4. The summed E-state index contributed by atoms with van der Waals surface area (Å²) >= 11 is 7.23. The lowest BCUT2D eigenvalue weighted by Crippen LogP contribution is -2.22. The number of halogens is 1. The van der Waals surface area contributed by atoms with Crippen molar-refractivity contribution in [1.29, 1.82) is 0 Å². The highest BCUT2D eigenvalue weighted by molar-refractivity contribution is 7.22. The lowest BCUT2D eigenvalue weighted by Gasteiger charge is -2.03. The molecule has 1 amide bonds. The number of nitrogens with one attached hydrogen (secondary N) is 1. The number of rotatable bonds is 3. The van der Waals surface area contributed by atoms with E-state index in [4.69, 9.17) is 16.0 Å². The van der Waals surface area contributed by atoms with E-state index in [2.05, 4.69) is 10.3 Å². The van der Waals surface area contributed by atoms with E-state index in [0.29, 0.717) is 22.3 Å². The van der Waals surface area contributed by atoms with E-state index in [-0.39, 0.29) is 5.91 Å². The van der Waals surface area contributed by atoms with E-state index in [1.165, 1.54) is 11.3 Å². The molecule has 0 saturated carbocycles. The van der Waals surface area contributed by atoms with Gasteiger partial charge in [0, 0.05) is 5.56 Å². The molecule has 0 saturated heterocycles. The minimum Gasteiger partial charge on any atom is -0.467 e. The summed E-state index contributed by atoms with van der Waals surface area (Å²) in [6.07, 6.45) is 1.57. The molecule has 0 aliphatic rings. The number of carbonyl (C=O) groups is 1. The Hall–Kier alpha value is -1.85. The van der Waals surface area contributed by atoms with Crippen LogP contribution in [0.1, 0.15) is 16.1 Å². The van der Waals surface area contributed by atoms with Crippen LogP contribution >= 0.6 is 22.9 Å². The molecule has 2 aromatic heterocycles. The predicted octanol–water partition coefficient (Wildman–Crippen LogP) is 3.47. The number of aromatic nitrogens is 1. The lowest BCUT2D eigenvalue weighted by molar-refractivity contribution is 0.0948. The number of amides is 1. The van der Waals surface area contributed by atoms with Crippen molar-refractivity contribution in [3.63, 3.8) is 0 Å². The van der Waals surface area contributed by atoms with Gasteiger partial charge in [-0.2, -0.15) is 0 Å². The number of fused-ring (bicyclic) bond motifs is 1. The molecule has 0 aliphatic carbocycles. The van der Waals surface area contributed by atoms with Crippen molar-refractivity contribution < 1.29 is 9.21 Å². The Bertz CT molecular complexity index is 721. The first-order chi connectivity index (χ1) is 9.22. The maximum absolute atomic E-state index is 12.0. The van der Waals surface area contributed by atoms with Crippen LogP contribution in [0.3, 0.4) is 0 Å². The fourth-order valence-electron chi connectivity index (χ4n) is 1.72. The Morgan fingerprint density at radius 1 is 1.42 bits per heavy atom. The Labute approximate surface area is 118 Å². The van der Waals surface area contributed by atoms with Crippen molar-refractivity contribution in [3.8, 4) is 0 Å². The fraction of sp³-hybridized carbons (Fsp3) is 0.0769. The van der Waals surface area contributed by atoms with Gasteiger partial charge in [0.1, 0.15) is 5.76 Å². The van der Waals surface area contributed by atoms with Crippen LogP contribution in [0.2, 0.25) is 4.47 Å². The van der Waals surface area contributed by atoms with Gasteiger partial charge in [-0.15, -0.1) is 11.3 Å². The molecule has 0 radical (unpaired) electrons. The van der Waals surface area contributed by atoms with Crippen molar-refractivity contribution in [2.45, 2.75) is 6.54 Å². The van der Waals surface area contributed by atoms with Gasteiger partial charge in [0.25, 0.3) is 5.91 Å². The third kappa shape index (κ3) is 2.62. The van der Waals surface area contributed by atoms with Gasteiger partial charge < -0.3 is 9.73 Å². The standard InChI is InChI=1S/C13H9ClN2O2S/c14-13-16-10-6-8(3-4-11(10)19-13)12(17)15-7-9-2-1-5-18-9/h1-6H,7H2,(H,15,17). The van der Waals surface area contributed by atoms with Crippen molar-refractivity contribution in [2.24, 2.45) is 0 Å². The van der Waals surface area contributed by atoms with Gasteiger partial charge in [0.15, 0.2) is 4.47 Å². The van der Waals surface area contributed by atoms with Crippen LogP contribution in [0.15, 0.2) is 41.0 Å². The maximum Gasteiger partial charge on any atom is 0.251 e. The number of thiazole rings is 1.